The molecule has 0 saturated carbocycles. The molecule has 3 nitrogen and oxygen atoms in total. The zero-order valence-electron chi connectivity index (χ0n) is 10.2. The van der Waals surface area contributed by atoms with E-state index in [-0.39, 0.29) is 0 Å². The van der Waals surface area contributed by atoms with Crippen molar-refractivity contribution in [3.05, 3.63) is 28.6 Å². The van der Waals surface area contributed by atoms with E-state index in [0.717, 1.165) is 42.3 Å². The summed E-state index contributed by atoms with van der Waals surface area (Å²) in [6.45, 7) is 5.21. The molecule has 0 radical (unpaired) electrons. The third-order valence-electron chi connectivity index (χ3n) is 2.48. The highest BCUT2D eigenvalue weighted by Gasteiger charge is 2.06. The van der Waals surface area contributed by atoms with E-state index < -0.39 is 0 Å². The van der Waals surface area contributed by atoms with E-state index in [0.29, 0.717) is 0 Å². The first-order chi connectivity index (χ1) is 8.33. The molecule has 0 bridgehead atoms. The van der Waals surface area contributed by atoms with Crippen molar-refractivity contribution in [1.29, 1.82) is 0 Å². The van der Waals surface area contributed by atoms with E-state index in [4.69, 9.17) is 0 Å². The van der Waals surface area contributed by atoms with Crippen molar-refractivity contribution in [3.8, 4) is 11.4 Å². The van der Waals surface area contributed by atoms with E-state index >= 15 is 0 Å². The Bertz CT molecular complexity index is 466. The topological polar surface area (TPSA) is 37.8 Å². The average molecular weight is 247 g/mol. The van der Waals surface area contributed by atoms with Crippen LogP contribution in [0.2, 0.25) is 0 Å². The first-order valence-corrected chi connectivity index (χ1v) is 6.92. The zero-order chi connectivity index (χ0) is 12.1. The van der Waals surface area contributed by atoms with Crippen LogP contribution >= 0.6 is 11.3 Å². The summed E-state index contributed by atoms with van der Waals surface area (Å²) in [6, 6.07) is 4.09. The van der Waals surface area contributed by atoms with Gasteiger partial charge >= 0.3 is 0 Å². The van der Waals surface area contributed by atoms with Gasteiger partial charge in [-0.05, 0) is 24.3 Å². The van der Waals surface area contributed by atoms with Crippen LogP contribution in [-0.4, -0.2) is 16.5 Å². The molecule has 2 aromatic heterocycles. The van der Waals surface area contributed by atoms with Crippen LogP contribution in [0.1, 0.15) is 26.0 Å². The van der Waals surface area contributed by atoms with Crippen molar-refractivity contribution in [1.82, 2.24) is 9.97 Å². The van der Waals surface area contributed by atoms with Crippen molar-refractivity contribution in [2.24, 2.45) is 0 Å². The molecular weight excluding hydrogens is 230 g/mol. The second-order valence-electron chi connectivity index (χ2n) is 3.86. The van der Waals surface area contributed by atoms with Crippen LogP contribution in [0.25, 0.3) is 11.4 Å². The van der Waals surface area contributed by atoms with Crippen molar-refractivity contribution in [2.75, 3.05) is 11.9 Å². The molecule has 0 aromatic carbocycles. The van der Waals surface area contributed by atoms with Gasteiger partial charge in [0.15, 0.2) is 5.82 Å². The number of hydrogen-bond acceptors (Lipinski definition) is 4. The Balaban J connectivity index is 2.32. The molecule has 0 unspecified atom stereocenters. The summed E-state index contributed by atoms with van der Waals surface area (Å²) in [5, 5.41) is 7.46. The SMILES string of the molecule is CCCNc1cc(CC)nc(-c2ccsc2)n1. The summed E-state index contributed by atoms with van der Waals surface area (Å²) in [5.41, 5.74) is 2.18. The Morgan fingerprint density at radius 3 is 2.82 bits per heavy atom. The average Bonchev–Trinajstić information content (AvgIpc) is 2.89. The van der Waals surface area contributed by atoms with Crippen LogP contribution in [0.15, 0.2) is 22.9 Å². The largest absolute Gasteiger partial charge is 0.370 e. The summed E-state index contributed by atoms with van der Waals surface area (Å²) in [4.78, 5) is 9.10. The van der Waals surface area contributed by atoms with E-state index in [1.165, 1.54) is 0 Å². The van der Waals surface area contributed by atoms with Crippen LogP contribution < -0.4 is 5.32 Å². The van der Waals surface area contributed by atoms with Gasteiger partial charge in [0.25, 0.3) is 0 Å². The van der Waals surface area contributed by atoms with E-state index in [2.05, 4.69) is 46.0 Å². The second kappa shape index (κ2) is 5.77. The smallest absolute Gasteiger partial charge is 0.162 e. The van der Waals surface area contributed by atoms with Gasteiger partial charge in [0.2, 0.25) is 0 Å². The Morgan fingerprint density at radius 1 is 1.29 bits per heavy atom. The maximum absolute atomic E-state index is 4.56. The molecule has 0 fully saturated rings. The molecule has 2 rings (SSSR count). The number of anilines is 1. The van der Waals surface area contributed by atoms with Gasteiger partial charge in [-0.1, -0.05) is 13.8 Å². The van der Waals surface area contributed by atoms with Crippen molar-refractivity contribution in [2.45, 2.75) is 26.7 Å². The van der Waals surface area contributed by atoms with Gasteiger partial charge in [-0.3, -0.25) is 0 Å². The fourth-order valence-electron chi connectivity index (χ4n) is 1.54. The van der Waals surface area contributed by atoms with Gasteiger partial charge in [-0.25, -0.2) is 9.97 Å². The number of thiophene rings is 1. The summed E-state index contributed by atoms with van der Waals surface area (Å²) >= 11 is 1.67. The van der Waals surface area contributed by atoms with E-state index in [9.17, 15) is 0 Å². The molecule has 4 heteroatoms. The van der Waals surface area contributed by atoms with Crippen LogP contribution in [-0.2, 0) is 6.42 Å². The molecule has 0 aliphatic carbocycles. The molecule has 0 spiro atoms. The molecule has 0 saturated heterocycles. The number of aryl methyl sites for hydroxylation is 1. The molecule has 0 aliphatic rings. The lowest BCUT2D eigenvalue weighted by Gasteiger charge is -2.07. The molecule has 17 heavy (non-hydrogen) atoms. The number of aromatic nitrogens is 2. The normalized spacial score (nSPS) is 10.5. The van der Waals surface area contributed by atoms with Gasteiger partial charge in [-0.15, -0.1) is 0 Å². The minimum Gasteiger partial charge on any atom is -0.370 e. The summed E-state index contributed by atoms with van der Waals surface area (Å²) < 4.78 is 0. The highest BCUT2D eigenvalue weighted by Crippen LogP contribution is 2.20. The summed E-state index contributed by atoms with van der Waals surface area (Å²) in [6.07, 6.45) is 2.03. The maximum atomic E-state index is 4.56. The number of nitrogens with zero attached hydrogens (tertiary/aromatic N) is 2. The molecular formula is C13H17N3S. The van der Waals surface area contributed by atoms with Gasteiger partial charge in [0, 0.05) is 29.2 Å². The fourth-order valence-corrected chi connectivity index (χ4v) is 2.18. The lowest BCUT2D eigenvalue weighted by Crippen LogP contribution is -2.05. The Kier molecular flexibility index (Phi) is 4.09. The zero-order valence-corrected chi connectivity index (χ0v) is 11.0. The molecule has 0 aliphatic heterocycles. The van der Waals surface area contributed by atoms with Crippen LogP contribution in [0, 0.1) is 0 Å². The Hall–Kier alpha value is -1.42. The summed E-state index contributed by atoms with van der Waals surface area (Å²) in [5.74, 6) is 1.75. The summed E-state index contributed by atoms with van der Waals surface area (Å²) in [7, 11) is 0. The molecule has 2 aromatic rings. The van der Waals surface area contributed by atoms with Crippen LogP contribution in [0.5, 0.6) is 0 Å². The van der Waals surface area contributed by atoms with Gasteiger partial charge in [-0.2, -0.15) is 11.3 Å². The Labute approximate surface area is 106 Å². The van der Waals surface area contributed by atoms with Gasteiger partial charge in [0.05, 0.1) is 0 Å². The third-order valence-corrected chi connectivity index (χ3v) is 3.16. The molecule has 2 heterocycles. The predicted molar refractivity (Wildman–Crippen MR) is 73.5 cm³/mol. The predicted octanol–water partition coefficient (Wildman–Crippen LogP) is 3.59. The number of rotatable bonds is 5. The van der Waals surface area contributed by atoms with Crippen LogP contribution in [0.3, 0.4) is 0 Å². The molecule has 0 amide bonds. The fraction of sp³-hybridized carbons (Fsp3) is 0.385. The van der Waals surface area contributed by atoms with Crippen molar-refractivity contribution >= 4 is 17.2 Å². The number of hydrogen-bond donors (Lipinski definition) is 1. The third kappa shape index (κ3) is 3.03. The molecule has 1 N–H and O–H groups in total. The van der Waals surface area contributed by atoms with E-state index in [1.807, 2.05) is 6.07 Å². The van der Waals surface area contributed by atoms with Gasteiger partial charge in [0.1, 0.15) is 5.82 Å². The first-order valence-electron chi connectivity index (χ1n) is 5.98. The minimum absolute atomic E-state index is 0.823. The number of nitrogens with one attached hydrogen (secondary N) is 1. The molecule has 90 valence electrons. The maximum Gasteiger partial charge on any atom is 0.162 e. The highest BCUT2D eigenvalue weighted by molar-refractivity contribution is 7.08. The van der Waals surface area contributed by atoms with E-state index in [1.54, 1.807) is 11.3 Å². The van der Waals surface area contributed by atoms with Crippen LogP contribution in [0.4, 0.5) is 5.82 Å². The lowest BCUT2D eigenvalue weighted by atomic mass is 10.2. The molecule has 0 atom stereocenters. The first kappa shape index (κ1) is 12.0. The van der Waals surface area contributed by atoms with Crippen molar-refractivity contribution in [3.63, 3.8) is 0 Å². The second-order valence-corrected chi connectivity index (χ2v) is 4.64. The Morgan fingerprint density at radius 2 is 2.18 bits per heavy atom. The standard InChI is InChI=1S/C13H17N3S/c1-3-6-14-12-8-11(4-2)15-13(16-12)10-5-7-17-9-10/h5,7-9H,3-4,6H2,1-2H3,(H,14,15,16). The minimum atomic E-state index is 0.823. The highest BCUT2D eigenvalue weighted by atomic mass is 32.1. The van der Waals surface area contributed by atoms with Crippen molar-refractivity contribution < 1.29 is 0 Å². The van der Waals surface area contributed by atoms with Gasteiger partial charge < -0.3 is 5.32 Å². The quantitative estimate of drug-likeness (QED) is 0.877. The monoisotopic (exact) mass is 247 g/mol. The lowest BCUT2D eigenvalue weighted by molar-refractivity contribution is 0.951.